The number of aromatic nitrogens is 3. The Kier molecular flexibility index (Phi) is 4.53. The van der Waals surface area contributed by atoms with Crippen LogP contribution in [0.15, 0.2) is 47.7 Å². The fourth-order valence-corrected chi connectivity index (χ4v) is 3.54. The van der Waals surface area contributed by atoms with Gasteiger partial charge in [-0.05, 0) is 36.8 Å². The average molecular weight is 403 g/mol. The summed E-state index contributed by atoms with van der Waals surface area (Å²) in [5.41, 5.74) is 2.37. The largest absolute Gasteiger partial charge is 0.331 e. The normalized spacial score (nSPS) is 13.7. The number of fused-ring (bicyclic) bond motifs is 1. The summed E-state index contributed by atoms with van der Waals surface area (Å²) in [7, 11) is 0. The molecule has 0 atom stereocenters. The van der Waals surface area contributed by atoms with Crippen LogP contribution in [0.2, 0.25) is 10.0 Å². The number of hydrogen-bond donors (Lipinski definition) is 0. The molecule has 0 radical (unpaired) electrons. The van der Waals surface area contributed by atoms with Crippen LogP contribution in [0.1, 0.15) is 21.7 Å². The van der Waals surface area contributed by atoms with Crippen molar-refractivity contribution in [3.05, 3.63) is 80.2 Å². The molecule has 0 saturated carbocycles. The molecule has 138 valence electrons. The van der Waals surface area contributed by atoms with E-state index in [1.165, 1.54) is 4.57 Å². The molecule has 3 aromatic rings. The van der Waals surface area contributed by atoms with Crippen LogP contribution in [-0.4, -0.2) is 31.5 Å². The molecular weight excluding hydrogens is 387 g/mol. The maximum absolute atomic E-state index is 12.9. The predicted molar refractivity (Wildman–Crippen MR) is 104 cm³/mol. The van der Waals surface area contributed by atoms with E-state index in [0.29, 0.717) is 41.1 Å². The van der Waals surface area contributed by atoms with Gasteiger partial charge in [-0.3, -0.25) is 9.59 Å². The number of aryl methyl sites for hydroxylation is 1. The molecule has 1 aliphatic rings. The number of amides is 1. The molecular formula is C19H16Cl2N4O2. The zero-order valence-electron chi connectivity index (χ0n) is 14.5. The SMILES string of the molecule is Cc1cn(-c2ccc3n(c2=O)CCN(Cc2ccc(Cl)c(Cl)c2)C3=O)cn1. The van der Waals surface area contributed by atoms with Gasteiger partial charge in [0.2, 0.25) is 0 Å². The summed E-state index contributed by atoms with van der Waals surface area (Å²) in [6, 6.07) is 8.66. The first-order chi connectivity index (χ1) is 12.9. The van der Waals surface area contributed by atoms with E-state index in [0.717, 1.165) is 11.3 Å². The summed E-state index contributed by atoms with van der Waals surface area (Å²) < 4.78 is 3.20. The second kappa shape index (κ2) is 6.87. The molecule has 27 heavy (non-hydrogen) atoms. The molecule has 0 bridgehead atoms. The van der Waals surface area contributed by atoms with Crippen LogP contribution in [0, 0.1) is 6.92 Å². The van der Waals surface area contributed by atoms with E-state index < -0.39 is 0 Å². The van der Waals surface area contributed by atoms with Crippen molar-refractivity contribution in [3.63, 3.8) is 0 Å². The van der Waals surface area contributed by atoms with Crippen LogP contribution in [0.25, 0.3) is 5.69 Å². The van der Waals surface area contributed by atoms with E-state index in [1.807, 2.05) is 13.0 Å². The highest BCUT2D eigenvalue weighted by atomic mass is 35.5. The Labute approximate surface area is 165 Å². The number of halogens is 2. The molecule has 0 spiro atoms. The number of rotatable bonds is 3. The van der Waals surface area contributed by atoms with E-state index in [-0.39, 0.29) is 11.5 Å². The second-order valence-electron chi connectivity index (χ2n) is 6.46. The fraction of sp³-hybridized carbons (Fsp3) is 0.211. The zero-order chi connectivity index (χ0) is 19.1. The third-order valence-corrected chi connectivity index (χ3v) is 5.34. The molecule has 3 heterocycles. The van der Waals surface area contributed by atoms with Crippen molar-refractivity contribution in [2.75, 3.05) is 6.54 Å². The van der Waals surface area contributed by atoms with Gasteiger partial charge in [0.15, 0.2) is 0 Å². The topological polar surface area (TPSA) is 60.1 Å². The van der Waals surface area contributed by atoms with Crippen LogP contribution in [0.4, 0.5) is 0 Å². The van der Waals surface area contributed by atoms with Crippen LogP contribution >= 0.6 is 23.2 Å². The molecule has 0 saturated heterocycles. The Morgan fingerprint density at radius 3 is 2.59 bits per heavy atom. The van der Waals surface area contributed by atoms with Crippen molar-refractivity contribution in [3.8, 4) is 5.69 Å². The monoisotopic (exact) mass is 402 g/mol. The number of benzene rings is 1. The molecule has 0 N–H and O–H groups in total. The van der Waals surface area contributed by atoms with Gasteiger partial charge in [0.05, 0.1) is 22.1 Å². The van der Waals surface area contributed by atoms with Gasteiger partial charge in [-0.1, -0.05) is 29.3 Å². The van der Waals surface area contributed by atoms with Gasteiger partial charge in [0, 0.05) is 25.8 Å². The molecule has 4 rings (SSSR count). The fourth-order valence-electron chi connectivity index (χ4n) is 3.22. The predicted octanol–water partition coefficient (Wildman–Crippen LogP) is 3.31. The Bertz CT molecular complexity index is 1100. The van der Waals surface area contributed by atoms with Crippen LogP contribution < -0.4 is 5.56 Å². The molecule has 0 aliphatic carbocycles. The molecule has 1 aliphatic heterocycles. The van der Waals surface area contributed by atoms with Crippen LogP contribution in [0.3, 0.4) is 0 Å². The van der Waals surface area contributed by atoms with Gasteiger partial charge in [0.1, 0.15) is 11.4 Å². The standard InChI is InChI=1S/C19H16Cl2N4O2/c1-12-9-24(11-22-12)16-4-5-17-18(26)23(6-7-25(17)19(16)27)10-13-2-3-14(20)15(21)8-13/h2-5,8-9,11H,6-7,10H2,1H3. The molecule has 2 aromatic heterocycles. The van der Waals surface area contributed by atoms with Crippen molar-refractivity contribution < 1.29 is 4.79 Å². The number of hydrogen-bond acceptors (Lipinski definition) is 3. The molecule has 0 fully saturated rings. The summed E-state index contributed by atoms with van der Waals surface area (Å²) in [6.07, 6.45) is 3.38. The van der Waals surface area contributed by atoms with Crippen molar-refractivity contribution >= 4 is 29.1 Å². The lowest BCUT2D eigenvalue weighted by Crippen LogP contribution is -2.44. The summed E-state index contributed by atoms with van der Waals surface area (Å²) in [6.45, 7) is 3.14. The van der Waals surface area contributed by atoms with Gasteiger partial charge in [-0.25, -0.2) is 4.98 Å². The van der Waals surface area contributed by atoms with Crippen LogP contribution in [0.5, 0.6) is 0 Å². The maximum Gasteiger partial charge on any atom is 0.275 e. The summed E-state index contributed by atoms with van der Waals surface area (Å²) >= 11 is 12.0. The number of pyridine rings is 1. The highest BCUT2D eigenvalue weighted by Gasteiger charge is 2.26. The minimum absolute atomic E-state index is 0.183. The maximum atomic E-state index is 12.9. The van der Waals surface area contributed by atoms with Crippen LogP contribution in [-0.2, 0) is 13.1 Å². The summed E-state index contributed by atoms with van der Waals surface area (Å²) in [5.74, 6) is -0.183. The number of carbonyl (C=O) groups excluding carboxylic acids is 1. The zero-order valence-corrected chi connectivity index (χ0v) is 16.0. The molecule has 0 unspecified atom stereocenters. The third-order valence-electron chi connectivity index (χ3n) is 4.60. The van der Waals surface area contributed by atoms with E-state index in [4.69, 9.17) is 23.2 Å². The number of carbonyl (C=O) groups is 1. The average Bonchev–Trinajstić information content (AvgIpc) is 3.07. The summed E-state index contributed by atoms with van der Waals surface area (Å²) in [5, 5.41) is 0.931. The lowest BCUT2D eigenvalue weighted by Gasteiger charge is -2.30. The highest BCUT2D eigenvalue weighted by Crippen LogP contribution is 2.24. The minimum Gasteiger partial charge on any atom is -0.331 e. The Hall–Kier alpha value is -2.57. The van der Waals surface area contributed by atoms with Crippen molar-refractivity contribution in [1.82, 2.24) is 19.0 Å². The quantitative estimate of drug-likeness (QED) is 0.674. The van der Waals surface area contributed by atoms with E-state index in [2.05, 4.69) is 4.98 Å². The number of imidazole rings is 1. The van der Waals surface area contributed by atoms with Crippen molar-refractivity contribution in [1.29, 1.82) is 0 Å². The van der Waals surface area contributed by atoms with Gasteiger partial charge in [-0.15, -0.1) is 0 Å². The highest BCUT2D eigenvalue weighted by molar-refractivity contribution is 6.42. The van der Waals surface area contributed by atoms with Gasteiger partial charge >= 0.3 is 0 Å². The minimum atomic E-state index is -0.201. The lowest BCUT2D eigenvalue weighted by molar-refractivity contribution is 0.0686. The van der Waals surface area contributed by atoms with E-state index >= 15 is 0 Å². The molecule has 1 aromatic carbocycles. The second-order valence-corrected chi connectivity index (χ2v) is 7.27. The van der Waals surface area contributed by atoms with Gasteiger partial charge < -0.3 is 14.0 Å². The molecule has 1 amide bonds. The third kappa shape index (κ3) is 3.26. The Morgan fingerprint density at radius 1 is 1.07 bits per heavy atom. The van der Waals surface area contributed by atoms with E-state index in [9.17, 15) is 9.59 Å². The van der Waals surface area contributed by atoms with E-state index in [1.54, 1.807) is 46.3 Å². The molecule has 6 nitrogen and oxygen atoms in total. The lowest BCUT2D eigenvalue weighted by atomic mass is 10.1. The number of nitrogens with zero attached hydrogens (tertiary/aromatic N) is 4. The Morgan fingerprint density at radius 2 is 1.89 bits per heavy atom. The summed E-state index contributed by atoms with van der Waals surface area (Å²) in [4.78, 5) is 31.5. The first-order valence-electron chi connectivity index (χ1n) is 8.42. The van der Waals surface area contributed by atoms with Gasteiger partial charge in [-0.2, -0.15) is 0 Å². The first-order valence-corrected chi connectivity index (χ1v) is 9.17. The van der Waals surface area contributed by atoms with Crippen molar-refractivity contribution in [2.24, 2.45) is 0 Å². The first kappa shape index (κ1) is 17.8. The molecule has 8 heteroatoms. The Balaban J connectivity index is 1.63. The smallest absolute Gasteiger partial charge is 0.275 e. The van der Waals surface area contributed by atoms with Crippen molar-refractivity contribution in [2.45, 2.75) is 20.0 Å². The van der Waals surface area contributed by atoms with Gasteiger partial charge in [0.25, 0.3) is 11.5 Å².